The van der Waals surface area contributed by atoms with Crippen LogP contribution in [0, 0.1) is 17.7 Å². The highest BCUT2D eigenvalue weighted by Crippen LogP contribution is 2.33. The molecular weight excluding hydrogens is 263 g/mol. The van der Waals surface area contributed by atoms with E-state index in [1.54, 1.807) is 12.1 Å². The van der Waals surface area contributed by atoms with Crippen LogP contribution in [0.25, 0.3) is 0 Å². The van der Waals surface area contributed by atoms with Gasteiger partial charge >= 0.3 is 0 Å². The molecule has 1 aromatic rings. The predicted octanol–water partition coefficient (Wildman–Crippen LogP) is 3.45. The van der Waals surface area contributed by atoms with Gasteiger partial charge in [-0.25, -0.2) is 4.39 Å². The molecule has 1 heterocycles. The first-order valence-electron chi connectivity index (χ1n) is 8.07. The zero-order valence-corrected chi connectivity index (χ0v) is 13.8. The molecule has 0 amide bonds. The van der Waals surface area contributed by atoms with Gasteiger partial charge in [0.15, 0.2) is 0 Å². The molecule has 1 saturated heterocycles. The highest BCUT2D eigenvalue weighted by molar-refractivity contribution is 5.19. The maximum absolute atomic E-state index is 13.4. The Morgan fingerprint density at radius 3 is 2.67 bits per heavy atom. The van der Waals surface area contributed by atoms with Crippen LogP contribution in [0.1, 0.15) is 39.7 Å². The van der Waals surface area contributed by atoms with Crippen LogP contribution in [-0.4, -0.2) is 29.6 Å². The van der Waals surface area contributed by atoms with E-state index >= 15 is 0 Å². The Kier molecular flexibility index (Phi) is 5.05. The quantitative estimate of drug-likeness (QED) is 0.921. The van der Waals surface area contributed by atoms with Crippen molar-refractivity contribution in [3.05, 3.63) is 35.6 Å². The van der Waals surface area contributed by atoms with Gasteiger partial charge in [0.2, 0.25) is 0 Å². The predicted molar refractivity (Wildman–Crippen MR) is 86.7 cm³/mol. The third-order valence-electron chi connectivity index (χ3n) is 5.20. The van der Waals surface area contributed by atoms with Crippen molar-refractivity contribution in [3.8, 4) is 0 Å². The summed E-state index contributed by atoms with van der Waals surface area (Å²) in [4.78, 5) is 2.55. The Labute approximate surface area is 128 Å². The lowest BCUT2D eigenvalue weighted by molar-refractivity contribution is -0.00691. The van der Waals surface area contributed by atoms with Crippen LogP contribution in [-0.2, 0) is 6.42 Å². The number of nitrogens with zero attached hydrogens (tertiary/aromatic N) is 1. The molecular formula is C18H29FN2. The van der Waals surface area contributed by atoms with Gasteiger partial charge in [-0.3, -0.25) is 4.90 Å². The molecule has 0 radical (unpaired) electrons. The first-order valence-corrected chi connectivity index (χ1v) is 8.07. The summed E-state index contributed by atoms with van der Waals surface area (Å²) >= 11 is 0. The second-order valence-electron chi connectivity index (χ2n) is 7.22. The fraction of sp³-hybridized carbons (Fsp3) is 0.667. The molecule has 2 rings (SSSR count). The summed E-state index contributed by atoms with van der Waals surface area (Å²) in [5.41, 5.74) is 7.06. The molecule has 118 valence electrons. The highest BCUT2D eigenvalue weighted by atomic mass is 19.1. The van der Waals surface area contributed by atoms with Gasteiger partial charge in [0.25, 0.3) is 0 Å². The average Bonchev–Trinajstić information content (AvgIpc) is 2.42. The Morgan fingerprint density at radius 2 is 2.05 bits per heavy atom. The molecule has 2 N–H and O–H groups in total. The minimum Gasteiger partial charge on any atom is -0.329 e. The van der Waals surface area contributed by atoms with Crippen molar-refractivity contribution in [1.29, 1.82) is 0 Å². The number of halogens is 1. The first kappa shape index (κ1) is 16.4. The monoisotopic (exact) mass is 292 g/mol. The minimum atomic E-state index is -0.166. The normalized spacial score (nSPS) is 30.1. The number of benzene rings is 1. The lowest BCUT2D eigenvalue weighted by Gasteiger charge is -2.51. The second kappa shape index (κ2) is 6.45. The van der Waals surface area contributed by atoms with Gasteiger partial charge < -0.3 is 5.73 Å². The van der Waals surface area contributed by atoms with Gasteiger partial charge in [-0.05, 0) is 56.2 Å². The molecule has 1 aromatic carbocycles. The van der Waals surface area contributed by atoms with Crippen molar-refractivity contribution in [2.45, 2.75) is 52.1 Å². The van der Waals surface area contributed by atoms with E-state index in [2.05, 4.69) is 32.6 Å². The molecule has 0 bridgehead atoms. The zero-order valence-electron chi connectivity index (χ0n) is 13.8. The van der Waals surface area contributed by atoms with Crippen LogP contribution < -0.4 is 5.73 Å². The minimum absolute atomic E-state index is 0.115. The first-order chi connectivity index (χ1) is 9.85. The number of nitrogens with two attached hydrogens (primary N) is 1. The van der Waals surface area contributed by atoms with E-state index in [1.807, 2.05) is 6.07 Å². The number of hydrogen-bond donors (Lipinski definition) is 1. The van der Waals surface area contributed by atoms with E-state index in [4.69, 9.17) is 5.73 Å². The van der Waals surface area contributed by atoms with Crippen LogP contribution in [0.5, 0.6) is 0 Å². The standard InChI is InChI=1S/C18H29FN2/c1-13-8-14(2)15(3)21(11-13)18(4,12-20)10-16-6-5-7-17(19)9-16/h5-7,9,13-15H,8,10-12,20H2,1-4H3. The summed E-state index contributed by atoms with van der Waals surface area (Å²) in [6, 6.07) is 7.43. The molecule has 1 aliphatic heterocycles. The van der Waals surface area contributed by atoms with Gasteiger partial charge in [-0.1, -0.05) is 26.0 Å². The molecule has 0 aliphatic carbocycles. The molecule has 21 heavy (non-hydrogen) atoms. The van der Waals surface area contributed by atoms with Gasteiger partial charge in [-0.2, -0.15) is 0 Å². The number of likely N-dealkylation sites (tertiary alicyclic amines) is 1. The fourth-order valence-corrected chi connectivity index (χ4v) is 3.81. The van der Waals surface area contributed by atoms with E-state index in [0.29, 0.717) is 24.4 Å². The number of rotatable bonds is 4. The van der Waals surface area contributed by atoms with E-state index in [9.17, 15) is 4.39 Å². The summed E-state index contributed by atoms with van der Waals surface area (Å²) < 4.78 is 13.4. The maximum atomic E-state index is 13.4. The van der Waals surface area contributed by atoms with Crippen LogP contribution >= 0.6 is 0 Å². The molecule has 3 heteroatoms. The van der Waals surface area contributed by atoms with E-state index < -0.39 is 0 Å². The van der Waals surface area contributed by atoms with Crippen LogP contribution in [0.2, 0.25) is 0 Å². The topological polar surface area (TPSA) is 29.3 Å². The van der Waals surface area contributed by atoms with Crippen molar-refractivity contribution >= 4 is 0 Å². The Morgan fingerprint density at radius 1 is 1.33 bits per heavy atom. The van der Waals surface area contributed by atoms with Crippen molar-refractivity contribution in [2.75, 3.05) is 13.1 Å². The lowest BCUT2D eigenvalue weighted by atomic mass is 9.80. The Balaban J connectivity index is 2.23. The maximum Gasteiger partial charge on any atom is 0.123 e. The zero-order chi connectivity index (χ0) is 15.6. The lowest BCUT2D eigenvalue weighted by Crippen LogP contribution is -2.61. The highest BCUT2D eigenvalue weighted by Gasteiger charge is 2.39. The molecule has 1 aliphatic rings. The molecule has 1 fully saturated rings. The van der Waals surface area contributed by atoms with Crippen molar-refractivity contribution in [3.63, 3.8) is 0 Å². The fourth-order valence-electron chi connectivity index (χ4n) is 3.81. The van der Waals surface area contributed by atoms with E-state index in [-0.39, 0.29) is 11.4 Å². The number of hydrogen-bond acceptors (Lipinski definition) is 2. The number of piperidine rings is 1. The molecule has 0 aromatic heterocycles. The molecule has 0 spiro atoms. The smallest absolute Gasteiger partial charge is 0.123 e. The summed E-state index contributed by atoms with van der Waals surface area (Å²) in [7, 11) is 0. The van der Waals surface area contributed by atoms with Gasteiger partial charge in [0.05, 0.1) is 0 Å². The van der Waals surface area contributed by atoms with Crippen molar-refractivity contribution in [2.24, 2.45) is 17.6 Å². The van der Waals surface area contributed by atoms with Crippen LogP contribution in [0.15, 0.2) is 24.3 Å². The SMILES string of the molecule is CC1CC(C)C(C)N(C(C)(CN)Cc2cccc(F)c2)C1. The third-order valence-corrected chi connectivity index (χ3v) is 5.20. The van der Waals surface area contributed by atoms with E-state index in [0.717, 1.165) is 18.5 Å². The molecule has 4 unspecified atom stereocenters. The summed E-state index contributed by atoms with van der Waals surface area (Å²) in [6.07, 6.45) is 2.07. The molecule has 2 nitrogen and oxygen atoms in total. The Hall–Kier alpha value is -0.930. The van der Waals surface area contributed by atoms with Gasteiger partial charge in [0, 0.05) is 24.7 Å². The molecule has 0 saturated carbocycles. The third kappa shape index (κ3) is 3.64. The largest absolute Gasteiger partial charge is 0.329 e. The van der Waals surface area contributed by atoms with Crippen molar-refractivity contribution in [1.82, 2.24) is 4.90 Å². The summed E-state index contributed by atoms with van der Waals surface area (Å²) in [6.45, 7) is 10.8. The Bertz CT molecular complexity index is 476. The van der Waals surface area contributed by atoms with E-state index in [1.165, 1.54) is 12.5 Å². The van der Waals surface area contributed by atoms with Gasteiger partial charge in [0.1, 0.15) is 5.82 Å². The van der Waals surface area contributed by atoms with Crippen LogP contribution in [0.4, 0.5) is 4.39 Å². The second-order valence-corrected chi connectivity index (χ2v) is 7.22. The van der Waals surface area contributed by atoms with Gasteiger partial charge in [-0.15, -0.1) is 0 Å². The van der Waals surface area contributed by atoms with Crippen LogP contribution in [0.3, 0.4) is 0 Å². The molecule has 4 atom stereocenters. The summed E-state index contributed by atoms with van der Waals surface area (Å²) in [5.74, 6) is 1.20. The average molecular weight is 292 g/mol. The van der Waals surface area contributed by atoms with Crippen molar-refractivity contribution < 1.29 is 4.39 Å². The summed E-state index contributed by atoms with van der Waals surface area (Å²) in [5, 5.41) is 0.